The van der Waals surface area contributed by atoms with Crippen LogP contribution in [0, 0.1) is 10.1 Å². The van der Waals surface area contributed by atoms with Gasteiger partial charge in [-0.15, -0.1) is 6.58 Å². The molecular formula is C15H12Cl2N2O4S. The first kappa shape index (κ1) is 18.3. The number of sulfonamides is 1. The van der Waals surface area contributed by atoms with Crippen molar-refractivity contribution in [2.75, 3.05) is 10.8 Å². The Kier molecular flexibility index (Phi) is 5.48. The summed E-state index contributed by atoms with van der Waals surface area (Å²) in [4.78, 5) is 9.99. The molecule has 6 nitrogen and oxygen atoms in total. The minimum atomic E-state index is -4.00. The highest BCUT2D eigenvalue weighted by molar-refractivity contribution is 7.92. The van der Waals surface area contributed by atoms with Gasteiger partial charge in [0.05, 0.1) is 27.1 Å². The third-order valence-electron chi connectivity index (χ3n) is 3.11. The molecule has 0 aliphatic carbocycles. The van der Waals surface area contributed by atoms with Gasteiger partial charge in [0.15, 0.2) is 0 Å². The normalized spacial score (nSPS) is 11.1. The molecule has 0 saturated heterocycles. The highest BCUT2D eigenvalue weighted by Gasteiger charge is 2.26. The maximum atomic E-state index is 12.9. The maximum Gasteiger partial charge on any atom is 0.269 e. The minimum absolute atomic E-state index is 0.0423. The highest BCUT2D eigenvalue weighted by atomic mass is 35.5. The molecule has 24 heavy (non-hydrogen) atoms. The molecule has 0 aromatic heterocycles. The molecule has 9 heteroatoms. The van der Waals surface area contributed by atoms with Gasteiger partial charge in [-0.25, -0.2) is 8.42 Å². The van der Waals surface area contributed by atoms with E-state index in [0.29, 0.717) is 5.02 Å². The number of rotatable bonds is 6. The molecule has 0 atom stereocenters. The first-order chi connectivity index (χ1) is 11.3. The van der Waals surface area contributed by atoms with Gasteiger partial charge in [-0.05, 0) is 30.3 Å². The Morgan fingerprint density at radius 3 is 2.33 bits per heavy atom. The van der Waals surface area contributed by atoms with E-state index < -0.39 is 14.9 Å². The van der Waals surface area contributed by atoms with Crippen LogP contribution in [-0.4, -0.2) is 19.9 Å². The number of hydrogen-bond donors (Lipinski definition) is 0. The Balaban J connectivity index is 2.54. The van der Waals surface area contributed by atoms with Gasteiger partial charge in [0.1, 0.15) is 0 Å². The van der Waals surface area contributed by atoms with Gasteiger partial charge in [0, 0.05) is 17.2 Å². The molecule has 0 bridgehead atoms. The van der Waals surface area contributed by atoms with Crippen LogP contribution in [0.15, 0.2) is 60.0 Å². The van der Waals surface area contributed by atoms with Crippen molar-refractivity contribution >= 4 is 44.6 Å². The van der Waals surface area contributed by atoms with E-state index in [2.05, 4.69) is 6.58 Å². The van der Waals surface area contributed by atoms with Gasteiger partial charge in [-0.3, -0.25) is 14.4 Å². The molecule has 0 aliphatic heterocycles. The number of benzene rings is 2. The van der Waals surface area contributed by atoms with Crippen LogP contribution in [-0.2, 0) is 10.0 Å². The Hall–Kier alpha value is -2.09. The van der Waals surface area contributed by atoms with E-state index in [1.807, 2.05) is 0 Å². The lowest BCUT2D eigenvalue weighted by Crippen LogP contribution is -2.31. The lowest BCUT2D eigenvalue weighted by atomic mass is 10.3. The third-order valence-corrected chi connectivity index (χ3v) is 5.46. The average molecular weight is 387 g/mol. The summed E-state index contributed by atoms with van der Waals surface area (Å²) in [5.74, 6) is 0. The number of nitrogens with zero attached hydrogens (tertiary/aromatic N) is 2. The zero-order chi connectivity index (χ0) is 17.9. The molecule has 0 amide bonds. The molecule has 2 aromatic rings. The second-order valence-electron chi connectivity index (χ2n) is 4.67. The van der Waals surface area contributed by atoms with E-state index in [0.717, 1.165) is 16.4 Å². The highest BCUT2D eigenvalue weighted by Crippen LogP contribution is 2.33. The van der Waals surface area contributed by atoms with Crippen molar-refractivity contribution in [3.63, 3.8) is 0 Å². The minimum Gasteiger partial charge on any atom is -0.261 e. The van der Waals surface area contributed by atoms with Crippen molar-refractivity contribution in [1.29, 1.82) is 0 Å². The fourth-order valence-corrected chi connectivity index (χ4v) is 3.87. The molecule has 0 fully saturated rings. The Morgan fingerprint density at radius 2 is 1.79 bits per heavy atom. The molecular weight excluding hydrogens is 375 g/mol. The molecule has 0 aliphatic rings. The van der Waals surface area contributed by atoms with Crippen molar-refractivity contribution in [2.45, 2.75) is 4.90 Å². The summed E-state index contributed by atoms with van der Waals surface area (Å²) in [7, 11) is -4.00. The summed E-state index contributed by atoms with van der Waals surface area (Å²) in [5, 5.41) is 11.2. The zero-order valence-corrected chi connectivity index (χ0v) is 14.6. The fourth-order valence-electron chi connectivity index (χ4n) is 1.99. The Bertz CT molecular complexity index is 883. The molecule has 0 saturated carbocycles. The zero-order valence-electron chi connectivity index (χ0n) is 12.2. The lowest BCUT2D eigenvalue weighted by molar-refractivity contribution is -0.384. The molecule has 0 radical (unpaired) electrons. The van der Waals surface area contributed by atoms with Crippen LogP contribution >= 0.6 is 23.2 Å². The van der Waals surface area contributed by atoms with Crippen molar-refractivity contribution in [3.05, 3.63) is 75.3 Å². The first-order valence-electron chi connectivity index (χ1n) is 6.60. The van der Waals surface area contributed by atoms with Crippen molar-refractivity contribution in [3.8, 4) is 0 Å². The molecule has 0 spiro atoms. The molecule has 0 heterocycles. The summed E-state index contributed by atoms with van der Waals surface area (Å²) < 4.78 is 26.8. The molecule has 0 N–H and O–H groups in total. The lowest BCUT2D eigenvalue weighted by Gasteiger charge is -2.24. The van der Waals surface area contributed by atoms with Gasteiger partial charge in [0.25, 0.3) is 15.7 Å². The van der Waals surface area contributed by atoms with Gasteiger partial charge in [-0.1, -0.05) is 29.3 Å². The number of non-ortho nitro benzene ring substituents is 1. The predicted molar refractivity (Wildman–Crippen MR) is 94.3 cm³/mol. The number of nitro groups is 1. The van der Waals surface area contributed by atoms with Gasteiger partial charge in [-0.2, -0.15) is 0 Å². The number of halogens is 2. The van der Waals surface area contributed by atoms with Crippen molar-refractivity contribution in [1.82, 2.24) is 0 Å². The van der Waals surface area contributed by atoms with Gasteiger partial charge >= 0.3 is 0 Å². The van der Waals surface area contributed by atoms with E-state index in [9.17, 15) is 18.5 Å². The van der Waals surface area contributed by atoms with Crippen LogP contribution in [0.5, 0.6) is 0 Å². The van der Waals surface area contributed by atoms with Crippen LogP contribution in [0.25, 0.3) is 0 Å². The maximum absolute atomic E-state index is 12.9. The summed E-state index contributed by atoms with van der Waals surface area (Å²) in [6.07, 6.45) is 1.40. The van der Waals surface area contributed by atoms with Crippen LogP contribution in [0.4, 0.5) is 11.4 Å². The summed E-state index contributed by atoms with van der Waals surface area (Å²) >= 11 is 12.0. The second-order valence-corrected chi connectivity index (χ2v) is 7.38. The van der Waals surface area contributed by atoms with E-state index in [4.69, 9.17) is 23.2 Å². The van der Waals surface area contributed by atoms with Crippen molar-refractivity contribution < 1.29 is 13.3 Å². The summed E-state index contributed by atoms with van der Waals surface area (Å²) in [6.45, 7) is 3.51. The van der Waals surface area contributed by atoms with E-state index in [1.165, 1.54) is 36.4 Å². The smallest absolute Gasteiger partial charge is 0.261 e. The van der Waals surface area contributed by atoms with Crippen LogP contribution < -0.4 is 4.31 Å². The van der Waals surface area contributed by atoms with E-state index in [1.54, 1.807) is 0 Å². The molecule has 2 aromatic carbocycles. The number of nitro benzene ring substituents is 1. The van der Waals surface area contributed by atoms with Crippen LogP contribution in [0.1, 0.15) is 0 Å². The summed E-state index contributed by atoms with van der Waals surface area (Å²) in [5.41, 5.74) is -0.00701. The summed E-state index contributed by atoms with van der Waals surface area (Å²) in [6, 6.07) is 9.04. The van der Waals surface area contributed by atoms with Crippen molar-refractivity contribution in [2.24, 2.45) is 0 Å². The molecule has 126 valence electrons. The second kappa shape index (κ2) is 7.21. The SMILES string of the molecule is C=CCN(c1cc(Cl)ccc1Cl)S(=O)(=O)c1ccc([N+](=O)[O-])cc1. The predicted octanol–water partition coefficient (Wildman–Crippen LogP) is 4.28. The Morgan fingerprint density at radius 1 is 1.17 bits per heavy atom. The van der Waals surface area contributed by atoms with Crippen LogP contribution in [0.3, 0.4) is 0 Å². The monoisotopic (exact) mass is 386 g/mol. The quantitative estimate of drug-likeness (QED) is 0.421. The standard InChI is InChI=1S/C15H12Cl2N2O4S/c1-2-9-18(15-10-11(16)3-8-14(15)17)24(22,23)13-6-4-12(5-7-13)19(20)21/h2-8,10H,1,9H2. The average Bonchev–Trinajstić information content (AvgIpc) is 2.55. The van der Waals surface area contributed by atoms with Gasteiger partial charge in [0.2, 0.25) is 0 Å². The Labute approximate surface area is 149 Å². The largest absolute Gasteiger partial charge is 0.269 e. The topological polar surface area (TPSA) is 80.5 Å². The molecule has 2 rings (SSSR count). The third kappa shape index (κ3) is 3.69. The number of anilines is 1. The van der Waals surface area contributed by atoms with Crippen LogP contribution in [0.2, 0.25) is 10.0 Å². The van der Waals surface area contributed by atoms with E-state index >= 15 is 0 Å². The molecule has 0 unspecified atom stereocenters. The van der Waals surface area contributed by atoms with E-state index in [-0.39, 0.29) is 27.8 Å². The number of hydrogen-bond acceptors (Lipinski definition) is 4. The fraction of sp³-hybridized carbons (Fsp3) is 0.0667. The first-order valence-corrected chi connectivity index (χ1v) is 8.80. The van der Waals surface area contributed by atoms with Gasteiger partial charge < -0.3 is 0 Å².